The highest BCUT2D eigenvalue weighted by Gasteiger charge is 2.17. The van der Waals surface area contributed by atoms with Crippen LogP contribution in [0.3, 0.4) is 0 Å². The van der Waals surface area contributed by atoms with Gasteiger partial charge in [-0.3, -0.25) is 4.79 Å². The van der Waals surface area contributed by atoms with Crippen molar-refractivity contribution in [1.82, 2.24) is 0 Å². The molecule has 1 atom stereocenters. The van der Waals surface area contributed by atoms with Gasteiger partial charge in [0.25, 0.3) is 0 Å². The van der Waals surface area contributed by atoms with Gasteiger partial charge in [-0.2, -0.15) is 0 Å². The lowest BCUT2D eigenvalue weighted by Crippen LogP contribution is -2.24. The quantitative estimate of drug-likeness (QED) is 0.757. The Balaban J connectivity index is 2.15. The monoisotopic (exact) mass is 332 g/mol. The summed E-state index contributed by atoms with van der Waals surface area (Å²) in [6, 6.07) is 13.3. The summed E-state index contributed by atoms with van der Waals surface area (Å²) in [4.78, 5) is 12.3. The number of rotatable bonds is 4. The van der Waals surface area contributed by atoms with E-state index in [9.17, 15) is 4.79 Å². The second kappa shape index (κ2) is 6.23. The van der Waals surface area contributed by atoms with E-state index >= 15 is 0 Å². The van der Waals surface area contributed by atoms with Crippen LogP contribution in [0.5, 0.6) is 5.75 Å². The van der Waals surface area contributed by atoms with Crippen LogP contribution in [0.1, 0.15) is 28.4 Å². The summed E-state index contributed by atoms with van der Waals surface area (Å²) >= 11 is 3.36. The van der Waals surface area contributed by atoms with E-state index in [-0.39, 0.29) is 5.78 Å². The van der Waals surface area contributed by atoms with E-state index in [4.69, 9.17) is 4.74 Å². The molecule has 2 nitrogen and oxygen atoms in total. The summed E-state index contributed by atoms with van der Waals surface area (Å²) in [6.07, 6.45) is -0.503. The van der Waals surface area contributed by atoms with Crippen molar-refractivity contribution < 1.29 is 9.53 Å². The van der Waals surface area contributed by atoms with Crippen LogP contribution >= 0.6 is 15.9 Å². The fourth-order valence-electron chi connectivity index (χ4n) is 1.93. The lowest BCUT2D eigenvalue weighted by Gasteiger charge is -2.16. The van der Waals surface area contributed by atoms with Crippen molar-refractivity contribution in [1.29, 1.82) is 0 Å². The maximum Gasteiger partial charge on any atom is 0.202 e. The first-order valence-electron chi connectivity index (χ1n) is 6.51. The van der Waals surface area contributed by atoms with Crippen molar-refractivity contribution >= 4 is 21.7 Å². The highest BCUT2D eigenvalue weighted by molar-refractivity contribution is 9.10. The molecule has 20 heavy (non-hydrogen) atoms. The summed E-state index contributed by atoms with van der Waals surface area (Å²) in [5.74, 6) is 0.751. The smallest absolute Gasteiger partial charge is 0.202 e. The Bertz CT molecular complexity index is 617. The SMILES string of the molecule is Cc1ccc(C)c(OC(C)C(=O)c2ccc(Br)cc2)c1. The number of halogens is 1. The first-order valence-corrected chi connectivity index (χ1v) is 7.30. The van der Waals surface area contributed by atoms with Crippen molar-refractivity contribution in [2.75, 3.05) is 0 Å². The van der Waals surface area contributed by atoms with Gasteiger partial charge in [0.05, 0.1) is 0 Å². The van der Waals surface area contributed by atoms with Crippen LogP contribution in [-0.4, -0.2) is 11.9 Å². The van der Waals surface area contributed by atoms with Crippen molar-refractivity contribution in [3.63, 3.8) is 0 Å². The number of Topliss-reactive ketones (excluding diaryl/α,β-unsaturated/α-hetero) is 1. The molecule has 0 saturated heterocycles. The molecule has 0 heterocycles. The molecule has 0 N–H and O–H groups in total. The van der Waals surface area contributed by atoms with Crippen LogP contribution in [0.25, 0.3) is 0 Å². The lowest BCUT2D eigenvalue weighted by atomic mass is 10.1. The molecule has 3 heteroatoms. The molecule has 0 aromatic heterocycles. The molecule has 0 aliphatic heterocycles. The Morgan fingerprint density at radius 3 is 2.40 bits per heavy atom. The van der Waals surface area contributed by atoms with Crippen LogP contribution in [0, 0.1) is 13.8 Å². The van der Waals surface area contributed by atoms with E-state index in [1.807, 2.05) is 44.2 Å². The molecule has 0 aliphatic carbocycles. The third-order valence-electron chi connectivity index (χ3n) is 3.15. The summed E-state index contributed by atoms with van der Waals surface area (Å²) in [6.45, 7) is 5.77. The molecule has 0 bridgehead atoms. The molecule has 0 fully saturated rings. The van der Waals surface area contributed by atoms with E-state index in [0.717, 1.165) is 21.3 Å². The Labute approximate surface area is 127 Å². The number of aryl methyl sites for hydroxylation is 2. The van der Waals surface area contributed by atoms with Crippen molar-refractivity contribution in [2.45, 2.75) is 26.9 Å². The standard InChI is InChI=1S/C17H17BrO2/c1-11-4-5-12(2)16(10-11)20-13(3)17(19)14-6-8-15(18)9-7-14/h4-10,13H,1-3H3. The molecule has 2 aromatic carbocycles. The van der Waals surface area contributed by atoms with E-state index in [2.05, 4.69) is 15.9 Å². The zero-order chi connectivity index (χ0) is 14.7. The van der Waals surface area contributed by atoms with E-state index < -0.39 is 6.10 Å². The average Bonchev–Trinajstić information content (AvgIpc) is 2.43. The molecule has 1 unspecified atom stereocenters. The maximum absolute atomic E-state index is 12.3. The first-order chi connectivity index (χ1) is 9.47. The molecule has 0 spiro atoms. The Hall–Kier alpha value is -1.61. The number of benzene rings is 2. The Morgan fingerprint density at radius 2 is 1.75 bits per heavy atom. The zero-order valence-corrected chi connectivity index (χ0v) is 13.4. The van der Waals surface area contributed by atoms with Crippen LogP contribution in [0.4, 0.5) is 0 Å². The average molecular weight is 333 g/mol. The molecule has 0 aliphatic rings. The van der Waals surface area contributed by atoms with Crippen molar-refractivity contribution in [3.8, 4) is 5.75 Å². The molecule has 0 saturated carbocycles. The van der Waals surface area contributed by atoms with Gasteiger partial charge in [0.1, 0.15) is 5.75 Å². The normalized spacial score (nSPS) is 12.0. The second-order valence-corrected chi connectivity index (χ2v) is 5.82. The van der Waals surface area contributed by atoms with Gasteiger partial charge in [0, 0.05) is 10.0 Å². The van der Waals surface area contributed by atoms with Crippen molar-refractivity contribution in [3.05, 3.63) is 63.6 Å². The van der Waals surface area contributed by atoms with Gasteiger partial charge < -0.3 is 4.74 Å². The zero-order valence-electron chi connectivity index (χ0n) is 11.8. The number of carbonyl (C=O) groups is 1. The summed E-state index contributed by atoms with van der Waals surface area (Å²) in [5.41, 5.74) is 2.81. The lowest BCUT2D eigenvalue weighted by molar-refractivity contribution is 0.0817. The molecule has 104 valence electrons. The van der Waals surface area contributed by atoms with E-state index in [1.54, 1.807) is 19.1 Å². The Kier molecular flexibility index (Phi) is 4.61. The highest BCUT2D eigenvalue weighted by atomic mass is 79.9. The topological polar surface area (TPSA) is 26.3 Å². The molecular weight excluding hydrogens is 316 g/mol. The third-order valence-corrected chi connectivity index (χ3v) is 3.67. The van der Waals surface area contributed by atoms with Crippen LogP contribution < -0.4 is 4.74 Å². The fourth-order valence-corrected chi connectivity index (χ4v) is 2.19. The predicted molar refractivity (Wildman–Crippen MR) is 84.5 cm³/mol. The van der Waals surface area contributed by atoms with Gasteiger partial charge in [0.2, 0.25) is 5.78 Å². The molecular formula is C17H17BrO2. The molecule has 2 aromatic rings. The number of ketones is 1. The third kappa shape index (κ3) is 3.48. The van der Waals surface area contributed by atoms with Crippen molar-refractivity contribution in [2.24, 2.45) is 0 Å². The molecule has 0 radical (unpaired) electrons. The van der Waals surface area contributed by atoms with E-state index in [1.165, 1.54) is 0 Å². The number of carbonyl (C=O) groups excluding carboxylic acids is 1. The van der Waals surface area contributed by atoms with Crippen LogP contribution in [0.15, 0.2) is 46.9 Å². The summed E-state index contributed by atoms with van der Waals surface area (Å²) < 4.78 is 6.77. The minimum Gasteiger partial charge on any atom is -0.482 e. The summed E-state index contributed by atoms with van der Waals surface area (Å²) in [7, 11) is 0. The second-order valence-electron chi connectivity index (χ2n) is 4.90. The Morgan fingerprint density at radius 1 is 1.10 bits per heavy atom. The first kappa shape index (κ1) is 14.8. The minimum atomic E-state index is -0.503. The van der Waals surface area contributed by atoms with Gasteiger partial charge in [-0.05, 0) is 50.1 Å². The highest BCUT2D eigenvalue weighted by Crippen LogP contribution is 2.21. The fraction of sp³-hybridized carbons (Fsp3) is 0.235. The van der Waals surface area contributed by atoms with Gasteiger partial charge >= 0.3 is 0 Å². The van der Waals surface area contributed by atoms with Gasteiger partial charge in [-0.1, -0.05) is 40.2 Å². The van der Waals surface area contributed by atoms with Gasteiger partial charge in [-0.15, -0.1) is 0 Å². The number of hydrogen-bond acceptors (Lipinski definition) is 2. The van der Waals surface area contributed by atoms with Gasteiger partial charge in [-0.25, -0.2) is 0 Å². The largest absolute Gasteiger partial charge is 0.482 e. The van der Waals surface area contributed by atoms with Gasteiger partial charge in [0.15, 0.2) is 6.10 Å². The molecule has 0 amide bonds. The van der Waals surface area contributed by atoms with Crippen LogP contribution in [-0.2, 0) is 0 Å². The predicted octanol–water partition coefficient (Wildman–Crippen LogP) is 4.72. The number of ether oxygens (including phenoxy) is 1. The number of hydrogen-bond donors (Lipinski definition) is 0. The van der Waals surface area contributed by atoms with E-state index in [0.29, 0.717) is 5.56 Å². The maximum atomic E-state index is 12.3. The molecule has 2 rings (SSSR count). The minimum absolute atomic E-state index is 0.0154. The van der Waals surface area contributed by atoms with Crippen LogP contribution in [0.2, 0.25) is 0 Å². The summed E-state index contributed by atoms with van der Waals surface area (Å²) in [5, 5.41) is 0.